The standard InChI is InChI=1S/C13H12FN3S/c1-2-11(13-16-5-6-18-13)17-12-4-3-9(8-15)7-10(12)14/h3-7,11,17H,2H2,1H3. The van der Waals surface area contributed by atoms with Crippen LogP contribution in [0.5, 0.6) is 0 Å². The minimum absolute atomic E-state index is 0.00700. The summed E-state index contributed by atoms with van der Waals surface area (Å²) in [5.41, 5.74) is 0.719. The van der Waals surface area contributed by atoms with Gasteiger partial charge in [0.25, 0.3) is 0 Å². The molecule has 2 aromatic rings. The van der Waals surface area contributed by atoms with Crippen molar-refractivity contribution in [1.82, 2.24) is 4.98 Å². The molecule has 0 aliphatic rings. The lowest BCUT2D eigenvalue weighted by Gasteiger charge is -2.16. The molecule has 0 radical (unpaired) electrons. The Balaban J connectivity index is 2.20. The second kappa shape index (κ2) is 5.61. The van der Waals surface area contributed by atoms with Crippen LogP contribution >= 0.6 is 11.3 Å². The number of nitrogens with zero attached hydrogens (tertiary/aromatic N) is 2. The molecular weight excluding hydrogens is 249 g/mol. The van der Waals surface area contributed by atoms with Crippen molar-refractivity contribution in [2.24, 2.45) is 0 Å². The summed E-state index contributed by atoms with van der Waals surface area (Å²) in [5, 5.41) is 14.6. The van der Waals surface area contributed by atoms with Crippen molar-refractivity contribution in [3.63, 3.8) is 0 Å². The zero-order chi connectivity index (χ0) is 13.0. The minimum Gasteiger partial charge on any atom is -0.373 e. The Morgan fingerprint density at radius 2 is 2.39 bits per heavy atom. The van der Waals surface area contributed by atoms with E-state index in [1.165, 1.54) is 17.4 Å². The molecule has 0 aliphatic carbocycles. The van der Waals surface area contributed by atoms with E-state index in [2.05, 4.69) is 10.3 Å². The van der Waals surface area contributed by atoms with Crippen LogP contribution in [-0.2, 0) is 0 Å². The molecule has 1 N–H and O–H groups in total. The van der Waals surface area contributed by atoms with Crippen molar-refractivity contribution in [3.05, 3.63) is 46.2 Å². The van der Waals surface area contributed by atoms with Gasteiger partial charge in [-0.1, -0.05) is 6.92 Å². The molecule has 2 rings (SSSR count). The fraction of sp³-hybridized carbons (Fsp3) is 0.231. The van der Waals surface area contributed by atoms with Crippen molar-refractivity contribution in [3.8, 4) is 6.07 Å². The molecule has 0 saturated carbocycles. The molecule has 1 unspecified atom stereocenters. The Morgan fingerprint density at radius 1 is 1.56 bits per heavy atom. The number of anilines is 1. The third-order valence-electron chi connectivity index (χ3n) is 2.59. The normalized spacial score (nSPS) is 11.8. The van der Waals surface area contributed by atoms with Gasteiger partial charge in [0.05, 0.1) is 23.4 Å². The summed E-state index contributed by atoms with van der Waals surface area (Å²) < 4.78 is 13.7. The number of benzene rings is 1. The van der Waals surface area contributed by atoms with Crippen LogP contribution in [0.3, 0.4) is 0 Å². The lowest BCUT2D eigenvalue weighted by molar-refractivity contribution is 0.623. The first kappa shape index (κ1) is 12.5. The number of nitriles is 1. The highest BCUT2D eigenvalue weighted by atomic mass is 32.1. The summed E-state index contributed by atoms with van der Waals surface area (Å²) in [6.45, 7) is 2.01. The Labute approximate surface area is 109 Å². The van der Waals surface area contributed by atoms with Gasteiger partial charge in [-0.2, -0.15) is 5.26 Å². The first-order valence-corrected chi connectivity index (χ1v) is 6.48. The van der Waals surface area contributed by atoms with Crippen LogP contribution in [0, 0.1) is 17.1 Å². The summed E-state index contributed by atoms with van der Waals surface area (Å²) in [4.78, 5) is 4.23. The molecule has 1 aromatic heterocycles. The molecule has 1 atom stereocenters. The third-order valence-corrected chi connectivity index (χ3v) is 3.47. The van der Waals surface area contributed by atoms with E-state index in [1.54, 1.807) is 18.3 Å². The van der Waals surface area contributed by atoms with Gasteiger partial charge in [-0.05, 0) is 24.6 Å². The zero-order valence-corrected chi connectivity index (χ0v) is 10.7. The Morgan fingerprint density at radius 3 is 2.94 bits per heavy atom. The van der Waals surface area contributed by atoms with Crippen molar-refractivity contribution in [1.29, 1.82) is 5.26 Å². The summed E-state index contributed by atoms with van der Waals surface area (Å²) in [6.07, 6.45) is 2.55. The maximum atomic E-state index is 13.7. The van der Waals surface area contributed by atoms with Crippen LogP contribution in [0.4, 0.5) is 10.1 Å². The quantitative estimate of drug-likeness (QED) is 0.912. The molecule has 5 heteroatoms. The van der Waals surface area contributed by atoms with E-state index in [0.717, 1.165) is 11.4 Å². The van der Waals surface area contributed by atoms with E-state index in [9.17, 15) is 4.39 Å². The Hall–Kier alpha value is -1.93. The van der Waals surface area contributed by atoms with Gasteiger partial charge in [0.15, 0.2) is 0 Å². The van der Waals surface area contributed by atoms with Gasteiger partial charge in [-0.3, -0.25) is 0 Å². The minimum atomic E-state index is -0.413. The number of thiazole rings is 1. The average molecular weight is 261 g/mol. The van der Waals surface area contributed by atoms with Gasteiger partial charge in [0.1, 0.15) is 10.8 Å². The van der Waals surface area contributed by atoms with Gasteiger partial charge >= 0.3 is 0 Å². The van der Waals surface area contributed by atoms with Crippen LogP contribution < -0.4 is 5.32 Å². The second-order valence-corrected chi connectivity index (χ2v) is 4.71. The van der Waals surface area contributed by atoms with Gasteiger partial charge in [0, 0.05) is 11.6 Å². The third kappa shape index (κ3) is 2.66. The summed E-state index contributed by atoms with van der Waals surface area (Å²) >= 11 is 1.54. The van der Waals surface area contributed by atoms with E-state index >= 15 is 0 Å². The maximum absolute atomic E-state index is 13.7. The van der Waals surface area contributed by atoms with Crippen LogP contribution in [0.15, 0.2) is 29.8 Å². The molecule has 0 saturated heterocycles. The molecule has 18 heavy (non-hydrogen) atoms. The summed E-state index contributed by atoms with van der Waals surface area (Å²) in [7, 11) is 0. The molecule has 0 fully saturated rings. The fourth-order valence-corrected chi connectivity index (χ4v) is 2.41. The second-order valence-electron chi connectivity index (χ2n) is 3.78. The monoisotopic (exact) mass is 261 g/mol. The van der Waals surface area contributed by atoms with Gasteiger partial charge in [0.2, 0.25) is 0 Å². The lowest BCUT2D eigenvalue weighted by Crippen LogP contribution is -2.10. The van der Waals surface area contributed by atoms with E-state index in [1.807, 2.05) is 18.4 Å². The number of rotatable bonds is 4. The number of nitrogens with one attached hydrogen (secondary N) is 1. The number of hydrogen-bond donors (Lipinski definition) is 1. The van der Waals surface area contributed by atoms with E-state index in [0.29, 0.717) is 11.3 Å². The number of halogens is 1. The molecular formula is C13H12FN3S. The molecule has 0 amide bonds. The van der Waals surface area contributed by atoms with Crippen LogP contribution in [0.1, 0.15) is 30.0 Å². The summed E-state index contributed by atoms with van der Waals surface area (Å²) in [6, 6.07) is 6.32. The zero-order valence-electron chi connectivity index (χ0n) is 9.85. The van der Waals surface area contributed by atoms with Gasteiger partial charge < -0.3 is 5.32 Å². The van der Waals surface area contributed by atoms with E-state index < -0.39 is 5.82 Å². The van der Waals surface area contributed by atoms with Crippen LogP contribution in [0.25, 0.3) is 0 Å². The largest absolute Gasteiger partial charge is 0.373 e. The Bertz CT molecular complexity index is 560. The SMILES string of the molecule is CCC(Nc1ccc(C#N)cc1F)c1nccs1. The first-order chi connectivity index (χ1) is 8.74. The highest BCUT2D eigenvalue weighted by Crippen LogP contribution is 2.26. The first-order valence-electron chi connectivity index (χ1n) is 5.60. The van der Waals surface area contributed by atoms with Crippen molar-refractivity contribution in [2.45, 2.75) is 19.4 Å². The smallest absolute Gasteiger partial charge is 0.147 e. The Kier molecular flexibility index (Phi) is 3.90. The van der Waals surface area contributed by atoms with Crippen LogP contribution in [0.2, 0.25) is 0 Å². The molecule has 0 bridgehead atoms. The molecule has 0 aliphatic heterocycles. The van der Waals surface area contributed by atoms with Gasteiger partial charge in [-0.25, -0.2) is 9.37 Å². The summed E-state index contributed by atoms with van der Waals surface area (Å²) in [5.74, 6) is -0.413. The van der Waals surface area contributed by atoms with E-state index in [4.69, 9.17) is 5.26 Å². The topological polar surface area (TPSA) is 48.7 Å². The van der Waals surface area contributed by atoms with Crippen LogP contribution in [-0.4, -0.2) is 4.98 Å². The highest BCUT2D eigenvalue weighted by Gasteiger charge is 2.13. The average Bonchev–Trinajstić information content (AvgIpc) is 2.91. The fourth-order valence-electron chi connectivity index (χ4n) is 1.63. The molecule has 92 valence electrons. The molecule has 1 heterocycles. The maximum Gasteiger partial charge on any atom is 0.147 e. The highest BCUT2D eigenvalue weighted by molar-refractivity contribution is 7.09. The predicted octanol–water partition coefficient (Wildman–Crippen LogP) is 3.72. The predicted molar refractivity (Wildman–Crippen MR) is 69.9 cm³/mol. The number of aromatic nitrogens is 1. The van der Waals surface area contributed by atoms with Crippen molar-refractivity contribution < 1.29 is 4.39 Å². The number of hydrogen-bond acceptors (Lipinski definition) is 4. The molecule has 1 aromatic carbocycles. The molecule has 0 spiro atoms. The lowest BCUT2D eigenvalue weighted by atomic mass is 10.1. The van der Waals surface area contributed by atoms with Crippen molar-refractivity contribution in [2.75, 3.05) is 5.32 Å². The van der Waals surface area contributed by atoms with Gasteiger partial charge in [-0.15, -0.1) is 11.3 Å². The van der Waals surface area contributed by atoms with Crippen molar-refractivity contribution >= 4 is 17.0 Å². The van der Waals surface area contributed by atoms with E-state index in [-0.39, 0.29) is 6.04 Å². The molecule has 3 nitrogen and oxygen atoms in total.